The molecule has 3 heteroatoms. The standard InChI is InChI=1S/C21H30OP2/c1-7-21(4,18-13-15(2)11-12-19(18)22)23-20-16(3)9-8-10-17(20)14-24(5)6/h8-13,22-23H,7,14H2,1-6H3. The Balaban J connectivity index is 2.49. The monoisotopic (exact) mass is 360 g/mol. The summed E-state index contributed by atoms with van der Waals surface area (Å²) in [5, 5.41) is 11.9. The van der Waals surface area contributed by atoms with Gasteiger partial charge in [0.25, 0.3) is 0 Å². The molecule has 0 saturated heterocycles. The van der Waals surface area contributed by atoms with Crippen LogP contribution in [0.3, 0.4) is 0 Å². The zero-order valence-electron chi connectivity index (χ0n) is 15.8. The maximum absolute atomic E-state index is 10.5. The molecule has 2 atom stereocenters. The van der Waals surface area contributed by atoms with E-state index in [2.05, 4.69) is 65.3 Å². The van der Waals surface area contributed by atoms with E-state index in [9.17, 15) is 5.11 Å². The van der Waals surface area contributed by atoms with Gasteiger partial charge in [-0.3, -0.25) is 0 Å². The Labute approximate surface area is 150 Å². The maximum atomic E-state index is 10.5. The van der Waals surface area contributed by atoms with Gasteiger partial charge in [-0.15, -0.1) is 7.92 Å². The van der Waals surface area contributed by atoms with Gasteiger partial charge in [-0.05, 0) is 62.3 Å². The minimum absolute atomic E-state index is 0.0266. The van der Waals surface area contributed by atoms with Gasteiger partial charge in [0, 0.05) is 10.7 Å². The predicted molar refractivity (Wildman–Crippen MR) is 112 cm³/mol. The van der Waals surface area contributed by atoms with Crippen LogP contribution in [0.5, 0.6) is 5.75 Å². The van der Waals surface area contributed by atoms with Crippen LogP contribution in [0.4, 0.5) is 0 Å². The van der Waals surface area contributed by atoms with E-state index in [0.717, 1.165) is 12.0 Å². The molecule has 0 aromatic heterocycles. The van der Waals surface area contributed by atoms with E-state index >= 15 is 0 Å². The first-order chi connectivity index (χ1) is 11.3. The van der Waals surface area contributed by atoms with Crippen molar-refractivity contribution in [2.24, 2.45) is 0 Å². The summed E-state index contributed by atoms with van der Waals surface area (Å²) in [5.41, 5.74) is 5.18. The van der Waals surface area contributed by atoms with Crippen molar-refractivity contribution in [3.63, 3.8) is 0 Å². The summed E-state index contributed by atoms with van der Waals surface area (Å²) in [5.74, 6) is 0.431. The second-order valence-corrected chi connectivity index (χ2v) is 11.5. The summed E-state index contributed by atoms with van der Waals surface area (Å²) in [6, 6.07) is 12.7. The van der Waals surface area contributed by atoms with E-state index in [1.54, 1.807) is 0 Å². The largest absolute Gasteiger partial charge is 0.508 e. The minimum atomic E-state index is -0.0266. The highest BCUT2D eigenvalue weighted by molar-refractivity contribution is 7.55. The molecule has 0 radical (unpaired) electrons. The molecule has 2 rings (SSSR count). The van der Waals surface area contributed by atoms with Gasteiger partial charge >= 0.3 is 0 Å². The molecule has 0 fully saturated rings. The Bertz CT molecular complexity index is 709. The van der Waals surface area contributed by atoms with Gasteiger partial charge in [0.15, 0.2) is 0 Å². The molecule has 2 aromatic carbocycles. The molecule has 0 saturated carbocycles. The summed E-state index contributed by atoms with van der Waals surface area (Å²) in [6.07, 6.45) is 2.20. The molecule has 2 aromatic rings. The molecule has 24 heavy (non-hydrogen) atoms. The SMILES string of the molecule is CCC(C)(Pc1c(C)cccc1CP(C)C)c1cc(C)ccc1O. The molecule has 0 aliphatic rings. The lowest BCUT2D eigenvalue weighted by Gasteiger charge is -2.32. The Morgan fingerprint density at radius 3 is 2.46 bits per heavy atom. The van der Waals surface area contributed by atoms with E-state index in [1.807, 2.05) is 12.1 Å². The van der Waals surface area contributed by atoms with Gasteiger partial charge in [0.1, 0.15) is 5.75 Å². The Kier molecular flexibility index (Phi) is 6.46. The first-order valence-electron chi connectivity index (χ1n) is 8.58. The molecule has 0 aliphatic heterocycles. The quantitative estimate of drug-likeness (QED) is 0.638. The molecule has 0 spiro atoms. The molecule has 0 bridgehead atoms. The average Bonchev–Trinajstić information content (AvgIpc) is 2.52. The van der Waals surface area contributed by atoms with Crippen LogP contribution in [0.1, 0.15) is 42.5 Å². The van der Waals surface area contributed by atoms with Crippen molar-refractivity contribution in [2.75, 3.05) is 13.3 Å². The normalized spacial score (nSPS) is 14.5. The van der Waals surface area contributed by atoms with Crippen LogP contribution in [-0.4, -0.2) is 18.4 Å². The minimum Gasteiger partial charge on any atom is -0.508 e. The number of phenols is 1. The molecule has 0 heterocycles. The lowest BCUT2D eigenvalue weighted by molar-refractivity contribution is 0.456. The van der Waals surface area contributed by atoms with E-state index in [4.69, 9.17) is 0 Å². The average molecular weight is 360 g/mol. The predicted octanol–water partition coefficient (Wildman–Crippen LogP) is 5.88. The van der Waals surface area contributed by atoms with E-state index < -0.39 is 0 Å². The summed E-state index contributed by atoms with van der Waals surface area (Å²) in [6.45, 7) is 13.6. The fraction of sp³-hybridized carbons (Fsp3) is 0.429. The number of phenolic OH excluding ortho intramolecular Hbond substituents is 1. The highest BCUT2D eigenvalue weighted by Crippen LogP contribution is 2.48. The molecular formula is C21H30OP2. The van der Waals surface area contributed by atoms with E-state index in [1.165, 1.54) is 28.2 Å². The van der Waals surface area contributed by atoms with Crippen LogP contribution in [0, 0.1) is 13.8 Å². The third-order valence-electron chi connectivity index (χ3n) is 4.70. The highest BCUT2D eigenvalue weighted by atomic mass is 31.1. The number of aryl methyl sites for hydroxylation is 2. The van der Waals surface area contributed by atoms with Gasteiger partial charge in [0.05, 0.1) is 0 Å². The third kappa shape index (κ3) is 4.38. The fourth-order valence-corrected chi connectivity index (χ4v) is 5.86. The number of benzene rings is 2. The third-order valence-corrected chi connectivity index (χ3v) is 7.81. The van der Waals surface area contributed by atoms with E-state index in [0.29, 0.717) is 14.3 Å². The zero-order chi connectivity index (χ0) is 17.9. The summed E-state index contributed by atoms with van der Waals surface area (Å²) in [7, 11) is 0.705. The zero-order valence-corrected chi connectivity index (χ0v) is 17.7. The Morgan fingerprint density at radius 2 is 1.83 bits per heavy atom. The fourth-order valence-electron chi connectivity index (χ4n) is 3.09. The number of hydrogen-bond acceptors (Lipinski definition) is 1. The van der Waals surface area contributed by atoms with Gasteiger partial charge in [-0.2, -0.15) is 0 Å². The lowest BCUT2D eigenvalue weighted by Crippen LogP contribution is -2.21. The summed E-state index contributed by atoms with van der Waals surface area (Å²) in [4.78, 5) is 0. The van der Waals surface area contributed by atoms with Crippen molar-refractivity contribution in [2.45, 2.75) is 45.4 Å². The topological polar surface area (TPSA) is 20.2 Å². The maximum Gasteiger partial charge on any atom is 0.119 e. The molecule has 2 unspecified atom stereocenters. The van der Waals surface area contributed by atoms with Gasteiger partial charge in [0.2, 0.25) is 0 Å². The van der Waals surface area contributed by atoms with Crippen molar-refractivity contribution in [3.05, 3.63) is 58.7 Å². The van der Waals surface area contributed by atoms with Crippen molar-refractivity contribution >= 4 is 21.8 Å². The summed E-state index contributed by atoms with van der Waals surface area (Å²) < 4.78 is 0. The Hall–Kier alpha value is -0.900. The molecular weight excluding hydrogens is 330 g/mol. The van der Waals surface area contributed by atoms with Crippen molar-refractivity contribution < 1.29 is 5.11 Å². The van der Waals surface area contributed by atoms with Crippen molar-refractivity contribution in [1.82, 2.24) is 0 Å². The first kappa shape index (κ1) is 19.4. The van der Waals surface area contributed by atoms with Crippen LogP contribution >= 0.6 is 16.5 Å². The highest BCUT2D eigenvalue weighted by Gasteiger charge is 2.29. The number of rotatable bonds is 6. The molecule has 1 N–H and O–H groups in total. The van der Waals surface area contributed by atoms with Crippen LogP contribution < -0.4 is 5.30 Å². The Morgan fingerprint density at radius 1 is 1.12 bits per heavy atom. The lowest BCUT2D eigenvalue weighted by atomic mass is 9.95. The molecule has 1 nitrogen and oxygen atoms in total. The van der Waals surface area contributed by atoms with Crippen LogP contribution in [-0.2, 0) is 11.3 Å². The second kappa shape index (κ2) is 7.99. The second-order valence-electron chi connectivity index (χ2n) is 7.18. The molecule has 0 amide bonds. The van der Waals surface area contributed by atoms with Crippen molar-refractivity contribution in [1.29, 1.82) is 0 Å². The number of aromatic hydroxyl groups is 1. The van der Waals surface area contributed by atoms with Gasteiger partial charge in [-0.1, -0.05) is 58.3 Å². The summed E-state index contributed by atoms with van der Waals surface area (Å²) >= 11 is 0. The molecule has 130 valence electrons. The van der Waals surface area contributed by atoms with Gasteiger partial charge in [-0.25, -0.2) is 0 Å². The molecule has 0 aliphatic carbocycles. The van der Waals surface area contributed by atoms with Crippen LogP contribution in [0.15, 0.2) is 36.4 Å². The smallest absolute Gasteiger partial charge is 0.119 e. The number of hydrogen-bond donors (Lipinski definition) is 1. The van der Waals surface area contributed by atoms with Gasteiger partial charge < -0.3 is 5.11 Å². The van der Waals surface area contributed by atoms with Crippen LogP contribution in [0.25, 0.3) is 0 Å². The first-order valence-corrected chi connectivity index (χ1v) is 12.0. The van der Waals surface area contributed by atoms with E-state index in [-0.39, 0.29) is 13.1 Å². The van der Waals surface area contributed by atoms with Crippen LogP contribution in [0.2, 0.25) is 0 Å². The van der Waals surface area contributed by atoms with Crippen molar-refractivity contribution in [3.8, 4) is 5.75 Å².